The zero-order valence-corrected chi connectivity index (χ0v) is 17.5. The Balaban J connectivity index is 1.56. The molecule has 3 N–H and O–H groups in total. The molecule has 2 aromatic carbocycles. The Hall–Kier alpha value is -2.83. The van der Waals surface area contributed by atoms with E-state index < -0.39 is 12.0 Å². The Morgan fingerprint density at radius 1 is 1.13 bits per heavy atom. The molecule has 0 bridgehead atoms. The molecule has 0 aliphatic carbocycles. The van der Waals surface area contributed by atoms with Gasteiger partial charge in [0.15, 0.2) is 0 Å². The van der Waals surface area contributed by atoms with Crippen LogP contribution in [-0.2, 0) is 11.2 Å². The van der Waals surface area contributed by atoms with E-state index in [1.54, 1.807) is 0 Å². The minimum atomic E-state index is -0.827. The third-order valence-electron chi connectivity index (χ3n) is 5.99. The van der Waals surface area contributed by atoms with Gasteiger partial charge in [-0.15, -0.1) is 0 Å². The van der Waals surface area contributed by atoms with Crippen LogP contribution in [0.3, 0.4) is 0 Å². The van der Waals surface area contributed by atoms with Gasteiger partial charge < -0.3 is 19.7 Å². The number of H-pyrrole nitrogens is 1. The van der Waals surface area contributed by atoms with E-state index in [2.05, 4.69) is 35.1 Å². The standard InChI is InChI=1S/C24H29N3O3/c1-3-27(4-2)13-14-30-17-11-9-16(10-12-17)22-23-19(15-21(26-22)24(28)29)18-7-5-6-8-20(18)25-23/h5-12,21-22,25-26H,3-4,13-15H2,1-2H3,(H,28,29). The number of ether oxygens (including phenoxy) is 1. The number of nitrogens with one attached hydrogen (secondary N) is 2. The van der Waals surface area contributed by atoms with Crippen molar-refractivity contribution in [3.05, 3.63) is 65.4 Å². The van der Waals surface area contributed by atoms with Crippen molar-refractivity contribution in [3.8, 4) is 5.75 Å². The Morgan fingerprint density at radius 2 is 1.87 bits per heavy atom. The average molecular weight is 408 g/mol. The summed E-state index contributed by atoms with van der Waals surface area (Å²) in [5.41, 5.74) is 4.19. The van der Waals surface area contributed by atoms with Gasteiger partial charge in [0.1, 0.15) is 18.4 Å². The molecule has 2 atom stereocenters. The summed E-state index contributed by atoms with van der Waals surface area (Å²) in [5, 5.41) is 14.1. The lowest BCUT2D eigenvalue weighted by Gasteiger charge is -2.29. The molecule has 6 heteroatoms. The van der Waals surface area contributed by atoms with Crippen molar-refractivity contribution in [1.29, 1.82) is 0 Å². The van der Waals surface area contributed by atoms with Crippen LogP contribution in [0.1, 0.15) is 36.7 Å². The van der Waals surface area contributed by atoms with E-state index >= 15 is 0 Å². The van der Waals surface area contributed by atoms with Gasteiger partial charge in [0.2, 0.25) is 0 Å². The number of carbonyl (C=O) groups is 1. The smallest absolute Gasteiger partial charge is 0.321 e. The maximum absolute atomic E-state index is 11.8. The van der Waals surface area contributed by atoms with Gasteiger partial charge >= 0.3 is 5.97 Å². The molecule has 30 heavy (non-hydrogen) atoms. The van der Waals surface area contributed by atoms with Crippen LogP contribution in [0.25, 0.3) is 10.9 Å². The Bertz CT molecular complexity index is 1010. The Labute approximate surface area is 176 Å². The monoisotopic (exact) mass is 407 g/mol. The van der Waals surface area contributed by atoms with E-state index in [4.69, 9.17) is 4.74 Å². The van der Waals surface area contributed by atoms with Gasteiger partial charge in [-0.25, -0.2) is 0 Å². The first kappa shape index (κ1) is 20.4. The van der Waals surface area contributed by atoms with Gasteiger partial charge in [0.05, 0.1) is 6.04 Å². The number of benzene rings is 2. The van der Waals surface area contributed by atoms with E-state index in [1.165, 1.54) is 0 Å². The molecule has 0 saturated heterocycles. The van der Waals surface area contributed by atoms with Crippen LogP contribution >= 0.6 is 0 Å². The van der Waals surface area contributed by atoms with Crippen LogP contribution < -0.4 is 10.1 Å². The SMILES string of the molecule is CCN(CC)CCOc1ccc(C2NC(C(=O)O)Cc3c2[nH]c2ccccc32)cc1. The van der Waals surface area contributed by atoms with Crippen LogP contribution in [-0.4, -0.2) is 53.2 Å². The number of rotatable bonds is 8. The number of carboxylic acid groups (broad SMARTS) is 1. The fourth-order valence-corrected chi connectivity index (χ4v) is 4.25. The highest BCUT2D eigenvalue weighted by atomic mass is 16.5. The Kier molecular flexibility index (Phi) is 6.06. The minimum absolute atomic E-state index is 0.202. The third kappa shape index (κ3) is 4.06. The van der Waals surface area contributed by atoms with E-state index in [0.29, 0.717) is 13.0 Å². The number of nitrogens with zero attached hydrogens (tertiary/aromatic N) is 1. The van der Waals surface area contributed by atoms with Crippen molar-refractivity contribution >= 4 is 16.9 Å². The fourth-order valence-electron chi connectivity index (χ4n) is 4.25. The molecule has 158 valence electrons. The van der Waals surface area contributed by atoms with Crippen molar-refractivity contribution in [3.63, 3.8) is 0 Å². The molecule has 1 aliphatic rings. The summed E-state index contributed by atoms with van der Waals surface area (Å²) in [5.74, 6) is 0.000609. The summed E-state index contributed by atoms with van der Waals surface area (Å²) in [4.78, 5) is 17.6. The van der Waals surface area contributed by atoms with Gasteiger partial charge in [0, 0.05) is 29.6 Å². The molecule has 2 unspecified atom stereocenters. The van der Waals surface area contributed by atoms with Gasteiger partial charge in [-0.2, -0.15) is 0 Å². The lowest BCUT2D eigenvalue weighted by molar-refractivity contribution is -0.139. The second kappa shape index (κ2) is 8.90. The highest BCUT2D eigenvalue weighted by Gasteiger charge is 2.33. The predicted octanol–water partition coefficient (Wildman–Crippen LogP) is 3.58. The summed E-state index contributed by atoms with van der Waals surface area (Å²) in [6, 6.07) is 15.2. The quantitative estimate of drug-likeness (QED) is 0.532. The minimum Gasteiger partial charge on any atom is -0.492 e. The molecule has 6 nitrogen and oxygen atoms in total. The molecule has 0 fully saturated rings. The van der Waals surface area contributed by atoms with Gasteiger partial charge in [-0.3, -0.25) is 10.1 Å². The molecule has 3 aromatic rings. The molecular formula is C24H29N3O3. The summed E-state index contributed by atoms with van der Waals surface area (Å²) in [6.07, 6.45) is 0.470. The van der Waals surface area contributed by atoms with Crippen LogP contribution in [0.5, 0.6) is 5.75 Å². The highest BCUT2D eigenvalue weighted by Crippen LogP contribution is 2.35. The normalized spacial score (nSPS) is 18.5. The summed E-state index contributed by atoms with van der Waals surface area (Å²) >= 11 is 0. The summed E-state index contributed by atoms with van der Waals surface area (Å²) in [6.45, 7) is 7.89. The largest absolute Gasteiger partial charge is 0.492 e. The van der Waals surface area contributed by atoms with E-state index in [0.717, 1.165) is 53.1 Å². The van der Waals surface area contributed by atoms with Crippen LogP contribution in [0.2, 0.25) is 0 Å². The maximum Gasteiger partial charge on any atom is 0.321 e. The van der Waals surface area contributed by atoms with Crippen molar-refractivity contribution in [1.82, 2.24) is 15.2 Å². The van der Waals surface area contributed by atoms with Gasteiger partial charge in [0.25, 0.3) is 0 Å². The number of fused-ring (bicyclic) bond motifs is 3. The first-order valence-corrected chi connectivity index (χ1v) is 10.6. The number of para-hydroxylation sites is 1. The van der Waals surface area contributed by atoms with Crippen molar-refractivity contribution in [2.75, 3.05) is 26.2 Å². The topological polar surface area (TPSA) is 77.6 Å². The van der Waals surface area contributed by atoms with E-state index in [9.17, 15) is 9.90 Å². The summed E-state index contributed by atoms with van der Waals surface area (Å²) in [7, 11) is 0. The molecule has 1 aliphatic heterocycles. The average Bonchev–Trinajstić information content (AvgIpc) is 3.15. The molecular weight excluding hydrogens is 378 g/mol. The lowest BCUT2D eigenvalue weighted by Crippen LogP contribution is -2.44. The second-order valence-electron chi connectivity index (χ2n) is 7.70. The first-order valence-electron chi connectivity index (χ1n) is 10.6. The molecule has 4 rings (SSSR count). The number of aromatic nitrogens is 1. The van der Waals surface area contributed by atoms with Gasteiger partial charge in [-0.1, -0.05) is 44.2 Å². The van der Waals surface area contributed by atoms with Crippen LogP contribution in [0, 0.1) is 0 Å². The number of hydrogen-bond acceptors (Lipinski definition) is 4. The molecule has 0 amide bonds. The molecule has 2 heterocycles. The lowest BCUT2D eigenvalue weighted by atomic mass is 9.90. The second-order valence-corrected chi connectivity index (χ2v) is 7.70. The Morgan fingerprint density at radius 3 is 2.57 bits per heavy atom. The van der Waals surface area contributed by atoms with E-state index in [1.807, 2.05) is 42.5 Å². The molecule has 0 saturated carbocycles. The maximum atomic E-state index is 11.8. The number of aromatic amines is 1. The van der Waals surface area contributed by atoms with Gasteiger partial charge in [-0.05, 0) is 42.4 Å². The number of likely N-dealkylation sites (N-methyl/N-ethyl adjacent to an activating group) is 1. The highest BCUT2D eigenvalue weighted by molar-refractivity contribution is 5.87. The first-order chi connectivity index (χ1) is 14.6. The number of aliphatic carboxylic acids is 1. The summed E-state index contributed by atoms with van der Waals surface area (Å²) < 4.78 is 5.90. The van der Waals surface area contributed by atoms with Crippen molar-refractivity contribution in [2.45, 2.75) is 32.4 Å². The van der Waals surface area contributed by atoms with Crippen LogP contribution in [0.4, 0.5) is 0 Å². The fraction of sp³-hybridized carbons (Fsp3) is 0.375. The number of hydrogen-bond donors (Lipinski definition) is 3. The van der Waals surface area contributed by atoms with Crippen LogP contribution in [0.15, 0.2) is 48.5 Å². The van der Waals surface area contributed by atoms with Crippen molar-refractivity contribution in [2.24, 2.45) is 0 Å². The molecule has 0 spiro atoms. The van der Waals surface area contributed by atoms with Crippen molar-refractivity contribution < 1.29 is 14.6 Å². The molecule has 1 aromatic heterocycles. The number of carboxylic acids is 1. The van der Waals surface area contributed by atoms with E-state index in [-0.39, 0.29) is 6.04 Å². The predicted molar refractivity (Wildman–Crippen MR) is 118 cm³/mol. The third-order valence-corrected chi connectivity index (χ3v) is 5.99. The molecule has 0 radical (unpaired) electrons. The zero-order valence-electron chi connectivity index (χ0n) is 17.5. The zero-order chi connectivity index (χ0) is 21.1.